The molecule has 2 atom stereocenters. The van der Waals surface area contributed by atoms with E-state index in [1.165, 1.54) is 11.8 Å². The van der Waals surface area contributed by atoms with E-state index in [2.05, 4.69) is 14.9 Å². The van der Waals surface area contributed by atoms with Crippen LogP contribution in [-0.2, 0) is 4.79 Å². The summed E-state index contributed by atoms with van der Waals surface area (Å²) in [5.41, 5.74) is 0.885. The van der Waals surface area contributed by atoms with E-state index in [1.807, 2.05) is 42.2 Å². The fraction of sp³-hybridized carbons (Fsp3) is 0.421. The minimum absolute atomic E-state index is 0.129. The Morgan fingerprint density at radius 2 is 1.77 bits per heavy atom. The standard InChI is InChI=1S/C19H24N4O2S/c1-15(26-14-17(24)16-6-3-2-4-7-16)18(25)22-10-12-23(13-11-22)19-20-8-5-9-21-19/h2-9,15,17,24H,10-14H2,1H3. The Balaban J connectivity index is 1.46. The van der Waals surface area contributed by atoms with E-state index in [0.29, 0.717) is 24.8 Å². The van der Waals surface area contributed by atoms with Gasteiger partial charge in [-0.1, -0.05) is 30.3 Å². The number of carbonyl (C=O) groups excluding carboxylic acids is 1. The summed E-state index contributed by atoms with van der Waals surface area (Å²) in [6.45, 7) is 4.73. The minimum Gasteiger partial charge on any atom is -0.388 e. The zero-order valence-corrected chi connectivity index (χ0v) is 15.7. The van der Waals surface area contributed by atoms with Gasteiger partial charge in [0, 0.05) is 44.3 Å². The van der Waals surface area contributed by atoms with Crippen LogP contribution in [0, 0.1) is 0 Å². The molecule has 0 spiro atoms. The van der Waals surface area contributed by atoms with Crippen molar-refractivity contribution < 1.29 is 9.90 Å². The van der Waals surface area contributed by atoms with Crippen molar-refractivity contribution >= 4 is 23.6 Å². The van der Waals surface area contributed by atoms with Crippen LogP contribution >= 0.6 is 11.8 Å². The highest BCUT2D eigenvalue weighted by molar-refractivity contribution is 8.00. The highest BCUT2D eigenvalue weighted by atomic mass is 32.2. The maximum absolute atomic E-state index is 12.7. The summed E-state index contributed by atoms with van der Waals surface area (Å²) in [6, 6.07) is 11.4. The molecule has 7 heteroatoms. The van der Waals surface area contributed by atoms with Crippen molar-refractivity contribution in [3.05, 3.63) is 54.4 Å². The van der Waals surface area contributed by atoms with Crippen LogP contribution in [0.25, 0.3) is 0 Å². The molecule has 0 radical (unpaired) electrons. The largest absolute Gasteiger partial charge is 0.388 e. The predicted octanol–water partition coefficient (Wildman–Crippen LogP) is 1.98. The number of hydrogen-bond donors (Lipinski definition) is 1. The monoisotopic (exact) mass is 372 g/mol. The molecule has 0 saturated carbocycles. The number of amides is 1. The van der Waals surface area contributed by atoms with Crippen molar-refractivity contribution in [2.24, 2.45) is 0 Å². The van der Waals surface area contributed by atoms with Gasteiger partial charge in [-0.3, -0.25) is 4.79 Å². The molecule has 1 amide bonds. The number of aliphatic hydroxyl groups excluding tert-OH is 1. The van der Waals surface area contributed by atoms with Crippen molar-refractivity contribution in [3.63, 3.8) is 0 Å². The van der Waals surface area contributed by atoms with Crippen LogP contribution in [0.5, 0.6) is 0 Å². The van der Waals surface area contributed by atoms with Crippen LogP contribution in [0.2, 0.25) is 0 Å². The lowest BCUT2D eigenvalue weighted by Crippen LogP contribution is -2.51. The molecule has 2 aromatic rings. The number of nitrogens with zero attached hydrogens (tertiary/aromatic N) is 4. The van der Waals surface area contributed by atoms with Crippen LogP contribution in [-0.4, -0.2) is 63.1 Å². The Morgan fingerprint density at radius 3 is 2.42 bits per heavy atom. The van der Waals surface area contributed by atoms with E-state index in [1.54, 1.807) is 18.5 Å². The summed E-state index contributed by atoms with van der Waals surface area (Å²) in [5, 5.41) is 10.1. The van der Waals surface area contributed by atoms with Gasteiger partial charge in [0.05, 0.1) is 11.4 Å². The van der Waals surface area contributed by atoms with Gasteiger partial charge in [0.2, 0.25) is 11.9 Å². The molecule has 138 valence electrons. The van der Waals surface area contributed by atoms with Gasteiger partial charge < -0.3 is 14.9 Å². The van der Waals surface area contributed by atoms with Crippen molar-refractivity contribution in [3.8, 4) is 0 Å². The first kappa shape index (κ1) is 18.7. The molecule has 1 aliphatic heterocycles. The molecule has 0 aliphatic carbocycles. The normalized spacial score (nSPS) is 17.0. The SMILES string of the molecule is CC(SCC(O)c1ccccc1)C(=O)N1CCN(c2ncccn2)CC1. The van der Waals surface area contributed by atoms with Gasteiger partial charge in [-0.2, -0.15) is 0 Å². The highest BCUT2D eigenvalue weighted by Crippen LogP contribution is 2.23. The number of hydrogen-bond acceptors (Lipinski definition) is 6. The molecule has 2 heterocycles. The molecule has 1 aromatic heterocycles. The van der Waals surface area contributed by atoms with Crippen molar-refractivity contribution in [1.29, 1.82) is 0 Å². The van der Waals surface area contributed by atoms with Gasteiger partial charge in [-0.15, -0.1) is 11.8 Å². The van der Waals surface area contributed by atoms with Gasteiger partial charge in [0.1, 0.15) is 0 Å². The van der Waals surface area contributed by atoms with Gasteiger partial charge in [-0.05, 0) is 18.6 Å². The molecule has 3 rings (SSSR count). The second-order valence-electron chi connectivity index (χ2n) is 6.26. The fourth-order valence-corrected chi connectivity index (χ4v) is 3.87. The Kier molecular flexibility index (Phi) is 6.46. The molecular weight excluding hydrogens is 348 g/mol. The summed E-state index contributed by atoms with van der Waals surface area (Å²) < 4.78 is 0. The van der Waals surface area contributed by atoms with Crippen molar-refractivity contribution in [1.82, 2.24) is 14.9 Å². The average molecular weight is 372 g/mol. The minimum atomic E-state index is -0.552. The molecule has 1 fully saturated rings. The third-order valence-electron chi connectivity index (χ3n) is 4.46. The number of rotatable bonds is 6. The second-order valence-corrected chi connectivity index (χ2v) is 7.64. The van der Waals surface area contributed by atoms with Crippen LogP contribution < -0.4 is 4.90 Å². The van der Waals surface area contributed by atoms with Crippen molar-refractivity contribution in [2.45, 2.75) is 18.3 Å². The van der Waals surface area contributed by atoms with E-state index in [9.17, 15) is 9.90 Å². The Morgan fingerprint density at radius 1 is 1.12 bits per heavy atom. The molecule has 1 aliphatic rings. The quantitative estimate of drug-likeness (QED) is 0.836. The van der Waals surface area contributed by atoms with Gasteiger partial charge >= 0.3 is 0 Å². The molecule has 1 saturated heterocycles. The Hall–Kier alpha value is -2.12. The Bertz CT molecular complexity index is 693. The lowest BCUT2D eigenvalue weighted by molar-refractivity contribution is -0.130. The maximum atomic E-state index is 12.7. The second kappa shape index (κ2) is 9.00. The van der Waals surface area contributed by atoms with Gasteiger partial charge in [-0.25, -0.2) is 9.97 Å². The van der Waals surface area contributed by atoms with Crippen LogP contribution in [0.1, 0.15) is 18.6 Å². The summed E-state index contributed by atoms with van der Waals surface area (Å²) in [5.74, 6) is 1.35. The Labute approximate surface area is 158 Å². The predicted molar refractivity (Wildman–Crippen MR) is 104 cm³/mol. The lowest BCUT2D eigenvalue weighted by atomic mass is 10.1. The highest BCUT2D eigenvalue weighted by Gasteiger charge is 2.26. The number of piperazine rings is 1. The van der Waals surface area contributed by atoms with E-state index >= 15 is 0 Å². The number of carbonyl (C=O) groups is 1. The van der Waals surface area contributed by atoms with E-state index in [-0.39, 0.29) is 11.2 Å². The number of anilines is 1. The first-order valence-corrected chi connectivity index (χ1v) is 9.85. The van der Waals surface area contributed by atoms with E-state index < -0.39 is 6.10 Å². The first-order valence-electron chi connectivity index (χ1n) is 8.80. The molecule has 26 heavy (non-hydrogen) atoms. The average Bonchev–Trinajstić information content (AvgIpc) is 2.72. The third-order valence-corrected chi connectivity index (χ3v) is 5.67. The van der Waals surface area contributed by atoms with Crippen LogP contribution in [0.15, 0.2) is 48.8 Å². The molecule has 0 bridgehead atoms. The lowest BCUT2D eigenvalue weighted by Gasteiger charge is -2.35. The van der Waals surface area contributed by atoms with Crippen LogP contribution in [0.4, 0.5) is 5.95 Å². The molecular formula is C19H24N4O2S. The summed E-state index contributed by atoms with van der Waals surface area (Å²) >= 11 is 1.50. The van der Waals surface area contributed by atoms with E-state index in [0.717, 1.165) is 18.7 Å². The maximum Gasteiger partial charge on any atom is 0.235 e. The smallest absolute Gasteiger partial charge is 0.235 e. The van der Waals surface area contributed by atoms with Gasteiger partial charge in [0.25, 0.3) is 0 Å². The molecule has 1 N–H and O–H groups in total. The van der Waals surface area contributed by atoms with Crippen molar-refractivity contribution in [2.75, 3.05) is 36.8 Å². The number of benzene rings is 1. The zero-order chi connectivity index (χ0) is 18.4. The number of aromatic nitrogens is 2. The van der Waals surface area contributed by atoms with Gasteiger partial charge in [0.15, 0.2) is 0 Å². The summed E-state index contributed by atoms with van der Waals surface area (Å²) in [6.07, 6.45) is 2.91. The fourth-order valence-electron chi connectivity index (χ4n) is 2.92. The third kappa shape index (κ3) is 4.74. The van der Waals surface area contributed by atoms with Crippen LogP contribution in [0.3, 0.4) is 0 Å². The molecule has 1 aromatic carbocycles. The zero-order valence-electron chi connectivity index (χ0n) is 14.9. The topological polar surface area (TPSA) is 69.6 Å². The summed E-state index contributed by atoms with van der Waals surface area (Å²) in [7, 11) is 0. The first-order chi connectivity index (χ1) is 12.6. The molecule has 6 nitrogen and oxygen atoms in total. The number of thioether (sulfide) groups is 1. The van der Waals surface area contributed by atoms with E-state index in [4.69, 9.17) is 0 Å². The number of aliphatic hydroxyl groups is 1. The summed E-state index contributed by atoms with van der Waals surface area (Å²) in [4.78, 5) is 25.2. The molecule has 2 unspecified atom stereocenters.